The lowest BCUT2D eigenvalue weighted by Crippen LogP contribution is -2.38. The molecular formula is C33H37N3O5S. The number of ether oxygens (including phenoxy) is 2. The number of pyridine rings is 1. The summed E-state index contributed by atoms with van der Waals surface area (Å²) in [5, 5.41) is 9.47. The first-order valence-electron chi connectivity index (χ1n) is 14.1. The molecule has 9 heteroatoms. The van der Waals surface area contributed by atoms with E-state index in [-0.39, 0.29) is 30.3 Å². The van der Waals surface area contributed by atoms with Crippen molar-refractivity contribution in [2.45, 2.75) is 49.4 Å². The summed E-state index contributed by atoms with van der Waals surface area (Å²) in [7, 11) is -1.51. The summed E-state index contributed by atoms with van der Waals surface area (Å²) in [4.78, 5) is 6.93. The van der Waals surface area contributed by atoms with Gasteiger partial charge in [0.05, 0.1) is 23.7 Å². The van der Waals surface area contributed by atoms with Gasteiger partial charge in [0.2, 0.25) is 10.0 Å². The SMILES string of the molecule is CN(CCc1ccccn1)CC1CC(c2ccc(CO)cc2)OC(c2ccc(CNS(=O)(=O)c3ccccc3)cc2)O1. The molecule has 1 fully saturated rings. The number of benzene rings is 3. The molecule has 0 saturated carbocycles. The van der Waals surface area contributed by atoms with Crippen molar-refractivity contribution in [2.75, 3.05) is 20.1 Å². The van der Waals surface area contributed by atoms with Gasteiger partial charge in [0, 0.05) is 49.9 Å². The molecule has 2 N–H and O–H groups in total. The molecule has 5 rings (SSSR count). The van der Waals surface area contributed by atoms with Gasteiger partial charge < -0.3 is 19.5 Å². The second kappa shape index (κ2) is 14.2. The molecular weight excluding hydrogens is 550 g/mol. The van der Waals surface area contributed by atoms with Gasteiger partial charge in [-0.2, -0.15) is 0 Å². The van der Waals surface area contributed by atoms with E-state index in [4.69, 9.17) is 9.47 Å². The van der Waals surface area contributed by atoms with E-state index in [0.717, 1.165) is 47.5 Å². The summed E-state index contributed by atoms with van der Waals surface area (Å²) < 4.78 is 40.8. The number of aliphatic hydroxyl groups is 1. The van der Waals surface area contributed by atoms with Crippen molar-refractivity contribution in [3.8, 4) is 0 Å². The first-order valence-corrected chi connectivity index (χ1v) is 15.6. The fourth-order valence-corrected chi connectivity index (χ4v) is 6.02. The number of sulfonamides is 1. The predicted molar refractivity (Wildman–Crippen MR) is 161 cm³/mol. The zero-order valence-electron chi connectivity index (χ0n) is 23.7. The van der Waals surface area contributed by atoms with E-state index >= 15 is 0 Å². The van der Waals surface area contributed by atoms with Gasteiger partial charge in [-0.3, -0.25) is 4.98 Å². The van der Waals surface area contributed by atoms with Gasteiger partial charge >= 0.3 is 0 Å². The topological polar surface area (TPSA) is 101 Å². The highest BCUT2D eigenvalue weighted by Crippen LogP contribution is 2.38. The molecule has 8 nitrogen and oxygen atoms in total. The van der Waals surface area contributed by atoms with Gasteiger partial charge in [-0.1, -0.05) is 72.8 Å². The molecule has 0 amide bonds. The largest absolute Gasteiger partial charge is 0.392 e. The second-order valence-electron chi connectivity index (χ2n) is 10.6. The van der Waals surface area contributed by atoms with Crippen LogP contribution in [0.15, 0.2) is 108 Å². The van der Waals surface area contributed by atoms with Gasteiger partial charge in [-0.05, 0) is 48.0 Å². The highest BCUT2D eigenvalue weighted by Gasteiger charge is 2.32. The minimum atomic E-state index is -3.60. The first kappa shape index (κ1) is 30.0. The van der Waals surface area contributed by atoms with Gasteiger partial charge in [-0.25, -0.2) is 13.1 Å². The van der Waals surface area contributed by atoms with E-state index in [1.165, 1.54) is 0 Å². The summed E-state index contributed by atoms with van der Waals surface area (Å²) in [6.07, 6.45) is 2.54. The Bertz CT molecular complexity index is 1500. The zero-order valence-corrected chi connectivity index (χ0v) is 24.5. The number of nitrogens with zero attached hydrogens (tertiary/aromatic N) is 2. The highest BCUT2D eigenvalue weighted by atomic mass is 32.2. The lowest BCUT2D eigenvalue weighted by molar-refractivity contribution is -0.252. The quantitative estimate of drug-likeness (QED) is 0.246. The van der Waals surface area contributed by atoms with Crippen LogP contribution in [0.2, 0.25) is 0 Å². The standard InChI is InChI=1S/C33H37N3O5S/c1-36(20-18-29-7-5-6-19-34-29)23-30-21-32(27-14-12-26(24-37)13-15-27)41-33(40-30)28-16-10-25(11-17-28)22-35-42(38,39)31-8-3-2-4-9-31/h2-17,19,30,32-33,35,37H,18,20-24H2,1H3. The van der Waals surface area contributed by atoms with E-state index in [1.54, 1.807) is 30.3 Å². The normalized spacial score (nSPS) is 19.2. The predicted octanol–water partition coefficient (Wildman–Crippen LogP) is 4.77. The lowest BCUT2D eigenvalue weighted by atomic mass is 9.99. The van der Waals surface area contributed by atoms with E-state index in [0.29, 0.717) is 6.42 Å². The molecule has 4 aromatic rings. The molecule has 1 aromatic heterocycles. The molecule has 0 radical (unpaired) electrons. The maximum atomic E-state index is 12.6. The molecule has 2 heterocycles. The van der Waals surface area contributed by atoms with Crippen molar-refractivity contribution in [1.29, 1.82) is 0 Å². The number of likely N-dealkylation sites (N-methyl/N-ethyl adjacent to an activating group) is 1. The van der Waals surface area contributed by atoms with Crippen LogP contribution in [0, 0.1) is 0 Å². The first-order chi connectivity index (χ1) is 20.4. The Morgan fingerprint density at radius 3 is 2.26 bits per heavy atom. The summed E-state index contributed by atoms with van der Waals surface area (Å²) in [5.74, 6) is 0. The van der Waals surface area contributed by atoms with Gasteiger partial charge in [0.1, 0.15) is 0 Å². The summed E-state index contributed by atoms with van der Waals surface area (Å²) >= 11 is 0. The van der Waals surface area contributed by atoms with Gasteiger partial charge in [0.25, 0.3) is 0 Å². The molecule has 1 saturated heterocycles. The van der Waals surface area contributed by atoms with Crippen molar-refractivity contribution >= 4 is 10.0 Å². The maximum Gasteiger partial charge on any atom is 0.240 e. The number of hydrogen-bond acceptors (Lipinski definition) is 7. The lowest BCUT2D eigenvalue weighted by Gasteiger charge is -2.38. The Balaban J connectivity index is 1.26. The average Bonchev–Trinajstić information content (AvgIpc) is 3.04. The van der Waals surface area contributed by atoms with Crippen LogP contribution in [-0.4, -0.2) is 49.6 Å². The van der Waals surface area contributed by atoms with Gasteiger partial charge in [-0.15, -0.1) is 0 Å². The monoisotopic (exact) mass is 587 g/mol. The Kier molecular flexibility index (Phi) is 10.1. The minimum Gasteiger partial charge on any atom is -0.392 e. The molecule has 1 aliphatic heterocycles. The molecule has 0 aliphatic carbocycles. The van der Waals surface area contributed by atoms with Crippen LogP contribution < -0.4 is 4.72 Å². The molecule has 42 heavy (non-hydrogen) atoms. The van der Waals surface area contributed by atoms with Crippen LogP contribution in [0.1, 0.15) is 46.8 Å². The second-order valence-corrected chi connectivity index (χ2v) is 12.3. The number of nitrogens with one attached hydrogen (secondary N) is 1. The van der Waals surface area contributed by atoms with Crippen LogP contribution >= 0.6 is 0 Å². The molecule has 0 spiro atoms. The van der Waals surface area contributed by atoms with E-state index in [9.17, 15) is 13.5 Å². The molecule has 1 aliphatic rings. The summed E-state index contributed by atoms with van der Waals surface area (Å²) in [6, 6.07) is 29.8. The smallest absolute Gasteiger partial charge is 0.240 e. The minimum absolute atomic E-state index is 0.00487. The Hall–Kier alpha value is -3.44. The molecule has 3 aromatic carbocycles. The van der Waals surface area contributed by atoms with Crippen LogP contribution in [0.5, 0.6) is 0 Å². The zero-order chi connectivity index (χ0) is 29.4. The molecule has 3 atom stereocenters. The third kappa shape index (κ3) is 8.10. The number of hydrogen-bond donors (Lipinski definition) is 2. The number of aromatic nitrogens is 1. The summed E-state index contributed by atoms with van der Waals surface area (Å²) in [6.45, 7) is 1.76. The van der Waals surface area contributed by atoms with Crippen LogP contribution in [0.4, 0.5) is 0 Å². The van der Waals surface area contributed by atoms with Crippen molar-refractivity contribution in [1.82, 2.24) is 14.6 Å². The maximum absolute atomic E-state index is 12.6. The Morgan fingerprint density at radius 1 is 0.881 bits per heavy atom. The Morgan fingerprint density at radius 2 is 1.57 bits per heavy atom. The van der Waals surface area contributed by atoms with Crippen LogP contribution in [-0.2, 0) is 39.1 Å². The van der Waals surface area contributed by atoms with Crippen molar-refractivity contribution < 1.29 is 23.0 Å². The molecule has 220 valence electrons. The van der Waals surface area contributed by atoms with Crippen molar-refractivity contribution in [2.24, 2.45) is 0 Å². The van der Waals surface area contributed by atoms with Crippen molar-refractivity contribution in [3.63, 3.8) is 0 Å². The fraction of sp³-hybridized carbons (Fsp3) is 0.303. The fourth-order valence-electron chi connectivity index (χ4n) is 4.98. The Labute approximate surface area is 248 Å². The third-order valence-corrected chi connectivity index (χ3v) is 8.79. The average molecular weight is 588 g/mol. The number of rotatable bonds is 12. The molecule has 3 unspecified atom stereocenters. The summed E-state index contributed by atoms with van der Waals surface area (Å²) in [5.41, 5.74) is 4.64. The highest BCUT2D eigenvalue weighted by molar-refractivity contribution is 7.89. The van der Waals surface area contributed by atoms with E-state index in [1.807, 2.05) is 72.9 Å². The van der Waals surface area contributed by atoms with Crippen LogP contribution in [0.3, 0.4) is 0 Å². The molecule has 0 bridgehead atoms. The third-order valence-electron chi connectivity index (χ3n) is 7.38. The van der Waals surface area contributed by atoms with E-state index in [2.05, 4.69) is 21.7 Å². The van der Waals surface area contributed by atoms with Crippen LogP contribution in [0.25, 0.3) is 0 Å². The van der Waals surface area contributed by atoms with Gasteiger partial charge in [0.15, 0.2) is 6.29 Å². The number of aliphatic hydroxyl groups excluding tert-OH is 1. The van der Waals surface area contributed by atoms with Crippen molar-refractivity contribution in [3.05, 3.63) is 131 Å². The van der Waals surface area contributed by atoms with E-state index < -0.39 is 16.3 Å².